The van der Waals surface area contributed by atoms with Crippen molar-refractivity contribution in [2.24, 2.45) is 16.3 Å². The predicted molar refractivity (Wildman–Crippen MR) is 68.4 cm³/mol. The van der Waals surface area contributed by atoms with Gasteiger partial charge < -0.3 is 21.0 Å². The number of nitrogens with one attached hydrogen (secondary N) is 1. The maximum Gasteiger partial charge on any atom is 0.234 e. The summed E-state index contributed by atoms with van der Waals surface area (Å²) in [5.41, 5.74) is 4.37. The first kappa shape index (κ1) is 14.8. The molecule has 0 radical (unpaired) electrons. The lowest BCUT2D eigenvalue weighted by Crippen LogP contribution is -2.56. The summed E-state index contributed by atoms with van der Waals surface area (Å²) in [6.07, 6.45) is 2.02. The Bertz CT molecular complexity index is 337. The van der Waals surface area contributed by atoms with Crippen molar-refractivity contribution in [1.82, 2.24) is 5.32 Å². The number of hydrogen-bond donors (Lipinski definition) is 3. The number of hydrogen-bond acceptors (Lipinski definition) is 4. The van der Waals surface area contributed by atoms with Crippen molar-refractivity contribution in [3.05, 3.63) is 0 Å². The third kappa shape index (κ3) is 2.93. The average Bonchev–Trinajstić information content (AvgIpc) is 2.36. The highest BCUT2D eigenvalue weighted by atomic mass is 16.5. The van der Waals surface area contributed by atoms with Gasteiger partial charge in [0.2, 0.25) is 5.91 Å². The molecule has 1 rings (SSSR count). The summed E-state index contributed by atoms with van der Waals surface area (Å²) in [5, 5.41) is 14.8. The predicted octanol–water partition coefficient (Wildman–Crippen LogP) is 0.834. The lowest BCUT2D eigenvalue weighted by molar-refractivity contribution is -0.130. The van der Waals surface area contributed by atoms with Crippen LogP contribution < -0.4 is 11.1 Å². The largest absolute Gasteiger partial charge is 0.409 e. The Morgan fingerprint density at radius 1 is 1.56 bits per heavy atom. The minimum Gasteiger partial charge on any atom is -0.409 e. The topological polar surface area (TPSA) is 96.9 Å². The van der Waals surface area contributed by atoms with Crippen molar-refractivity contribution in [3.8, 4) is 0 Å². The van der Waals surface area contributed by atoms with Gasteiger partial charge in [-0.05, 0) is 33.1 Å². The fourth-order valence-corrected chi connectivity index (χ4v) is 1.93. The van der Waals surface area contributed by atoms with Crippen LogP contribution in [-0.2, 0) is 9.53 Å². The smallest absolute Gasteiger partial charge is 0.234 e. The summed E-state index contributed by atoms with van der Waals surface area (Å²) in [4.78, 5) is 12.3. The van der Waals surface area contributed by atoms with Crippen molar-refractivity contribution in [2.45, 2.75) is 45.6 Å². The van der Waals surface area contributed by atoms with Gasteiger partial charge in [0.25, 0.3) is 0 Å². The molecule has 1 aliphatic heterocycles. The van der Waals surface area contributed by atoms with E-state index in [-0.39, 0.29) is 17.3 Å². The normalized spacial score (nSPS) is 23.2. The number of nitrogens with zero attached hydrogens (tertiary/aromatic N) is 1. The number of nitrogens with two attached hydrogens (primary N) is 1. The molecule has 0 aromatic rings. The lowest BCUT2D eigenvalue weighted by atomic mass is 9.83. The molecule has 4 N–H and O–H groups in total. The van der Waals surface area contributed by atoms with Crippen LogP contribution in [0.4, 0.5) is 0 Å². The van der Waals surface area contributed by atoms with Crippen molar-refractivity contribution in [1.29, 1.82) is 0 Å². The molecule has 1 unspecified atom stereocenters. The van der Waals surface area contributed by atoms with Gasteiger partial charge in [-0.15, -0.1) is 0 Å². The Morgan fingerprint density at radius 3 is 2.56 bits per heavy atom. The van der Waals surface area contributed by atoms with Crippen LogP contribution in [0.5, 0.6) is 0 Å². The van der Waals surface area contributed by atoms with E-state index in [2.05, 4.69) is 10.5 Å². The molecule has 0 spiro atoms. The molecule has 104 valence electrons. The van der Waals surface area contributed by atoms with E-state index in [4.69, 9.17) is 15.7 Å². The minimum absolute atomic E-state index is 0.0573. The molecule has 0 aromatic carbocycles. The summed E-state index contributed by atoms with van der Waals surface area (Å²) in [7, 11) is 0. The molecule has 1 amide bonds. The number of carbonyl (C=O) groups excluding carboxylic acids is 1. The molecular weight excluding hydrogens is 234 g/mol. The van der Waals surface area contributed by atoms with Crippen LogP contribution in [-0.4, -0.2) is 35.7 Å². The van der Waals surface area contributed by atoms with Gasteiger partial charge in [0.05, 0.1) is 0 Å². The molecule has 0 saturated carbocycles. The van der Waals surface area contributed by atoms with Gasteiger partial charge in [-0.3, -0.25) is 4.79 Å². The Balaban J connectivity index is 2.79. The van der Waals surface area contributed by atoms with E-state index in [9.17, 15) is 4.79 Å². The van der Waals surface area contributed by atoms with E-state index in [1.807, 2.05) is 13.8 Å². The molecule has 0 bridgehead atoms. The van der Waals surface area contributed by atoms with E-state index in [0.29, 0.717) is 19.6 Å². The third-order valence-corrected chi connectivity index (χ3v) is 3.89. The minimum atomic E-state index is -0.976. The molecule has 6 nitrogen and oxygen atoms in total. The van der Waals surface area contributed by atoms with Crippen LogP contribution in [0.2, 0.25) is 0 Å². The molecule has 1 heterocycles. The molecule has 1 fully saturated rings. The molecule has 1 saturated heterocycles. The van der Waals surface area contributed by atoms with Gasteiger partial charge in [-0.25, -0.2) is 0 Å². The van der Waals surface area contributed by atoms with Crippen molar-refractivity contribution in [3.63, 3.8) is 0 Å². The zero-order valence-corrected chi connectivity index (χ0v) is 11.3. The first-order chi connectivity index (χ1) is 8.38. The first-order valence-corrected chi connectivity index (χ1v) is 6.26. The second-order valence-corrected chi connectivity index (χ2v) is 5.30. The van der Waals surface area contributed by atoms with Gasteiger partial charge in [0, 0.05) is 18.8 Å². The Hall–Kier alpha value is -1.30. The Labute approximate surface area is 108 Å². The quantitative estimate of drug-likeness (QED) is 0.301. The fraction of sp³-hybridized carbons (Fsp3) is 0.833. The highest BCUT2D eigenvalue weighted by molar-refractivity contribution is 6.06. The van der Waals surface area contributed by atoms with Crippen molar-refractivity contribution in [2.75, 3.05) is 13.2 Å². The van der Waals surface area contributed by atoms with Crippen LogP contribution in [0.25, 0.3) is 0 Å². The summed E-state index contributed by atoms with van der Waals surface area (Å²) in [6, 6.07) is 0. The zero-order valence-electron chi connectivity index (χ0n) is 11.3. The molecule has 0 aliphatic carbocycles. The maximum atomic E-state index is 12.3. The van der Waals surface area contributed by atoms with E-state index in [1.165, 1.54) is 0 Å². The molecule has 6 heteroatoms. The Morgan fingerprint density at radius 2 is 2.11 bits per heavy atom. The monoisotopic (exact) mass is 257 g/mol. The second kappa shape index (κ2) is 5.56. The molecule has 1 atom stereocenters. The van der Waals surface area contributed by atoms with Gasteiger partial charge in [-0.1, -0.05) is 12.1 Å². The van der Waals surface area contributed by atoms with Gasteiger partial charge >= 0.3 is 0 Å². The average molecular weight is 257 g/mol. The van der Waals surface area contributed by atoms with E-state index < -0.39 is 5.41 Å². The summed E-state index contributed by atoms with van der Waals surface area (Å²) in [5.74, 6) is -0.261. The third-order valence-electron chi connectivity index (χ3n) is 3.89. The molecular formula is C12H23N3O3. The molecule has 1 aliphatic rings. The van der Waals surface area contributed by atoms with Crippen molar-refractivity contribution < 1.29 is 14.7 Å². The maximum absolute atomic E-state index is 12.3. The van der Waals surface area contributed by atoms with Crippen LogP contribution in [0.1, 0.15) is 40.0 Å². The van der Waals surface area contributed by atoms with Gasteiger partial charge in [0.1, 0.15) is 5.41 Å². The highest BCUT2D eigenvalue weighted by Crippen LogP contribution is 2.26. The standard InChI is InChI=1S/C12H23N3O3/c1-4-12(3,9(13)15-17)10(16)14-11(2)5-7-18-8-6-11/h17H,4-8H2,1-3H3,(H2,13,15)(H,14,16). The first-order valence-electron chi connectivity index (χ1n) is 6.26. The van der Waals surface area contributed by atoms with Crippen LogP contribution in [0.3, 0.4) is 0 Å². The lowest BCUT2D eigenvalue weighted by Gasteiger charge is -2.37. The fourth-order valence-electron chi connectivity index (χ4n) is 1.93. The SMILES string of the molecule is CCC(C)(C(=O)NC1(C)CCOCC1)C(N)=NO. The summed E-state index contributed by atoms with van der Waals surface area (Å²) in [6.45, 7) is 6.80. The van der Waals surface area contributed by atoms with Gasteiger partial charge in [0.15, 0.2) is 5.84 Å². The van der Waals surface area contributed by atoms with Crippen LogP contribution in [0, 0.1) is 5.41 Å². The Kier molecular flexibility index (Phi) is 4.56. The zero-order chi connectivity index (χ0) is 13.8. The van der Waals surface area contributed by atoms with E-state index >= 15 is 0 Å². The molecule has 18 heavy (non-hydrogen) atoms. The second-order valence-electron chi connectivity index (χ2n) is 5.30. The number of ether oxygens (including phenoxy) is 1. The number of amides is 1. The van der Waals surface area contributed by atoms with Crippen LogP contribution in [0.15, 0.2) is 5.16 Å². The molecule has 0 aromatic heterocycles. The summed E-state index contributed by atoms with van der Waals surface area (Å²) < 4.78 is 5.29. The number of carbonyl (C=O) groups is 1. The van der Waals surface area contributed by atoms with E-state index in [1.54, 1.807) is 6.92 Å². The number of rotatable bonds is 4. The highest BCUT2D eigenvalue weighted by Gasteiger charge is 2.40. The number of oxime groups is 1. The van der Waals surface area contributed by atoms with Crippen LogP contribution >= 0.6 is 0 Å². The number of amidine groups is 1. The van der Waals surface area contributed by atoms with Crippen molar-refractivity contribution >= 4 is 11.7 Å². The summed E-state index contributed by atoms with van der Waals surface area (Å²) >= 11 is 0. The van der Waals surface area contributed by atoms with Gasteiger partial charge in [-0.2, -0.15) is 0 Å². The van der Waals surface area contributed by atoms with E-state index in [0.717, 1.165) is 12.8 Å².